The summed E-state index contributed by atoms with van der Waals surface area (Å²) < 4.78 is 0. The second kappa shape index (κ2) is 6.57. The standard InChI is InChI=1S/C17H28N2S/c1-3-11-18-16(13-9-7-12(2)8-10-13)17-19-14-5-4-6-15(14)20-17/h12-13,16,18H,3-11H2,1-2H3. The second-order valence-corrected chi connectivity index (χ2v) is 7.84. The van der Waals surface area contributed by atoms with Gasteiger partial charge >= 0.3 is 0 Å². The van der Waals surface area contributed by atoms with Crippen LogP contribution in [0.15, 0.2) is 0 Å². The molecule has 1 fully saturated rings. The molecule has 0 bridgehead atoms. The van der Waals surface area contributed by atoms with Crippen LogP contribution < -0.4 is 5.32 Å². The molecule has 1 heterocycles. The number of nitrogens with zero attached hydrogens (tertiary/aromatic N) is 1. The minimum Gasteiger partial charge on any atom is -0.308 e. The molecule has 1 aromatic rings. The van der Waals surface area contributed by atoms with E-state index in [1.54, 1.807) is 4.88 Å². The Balaban J connectivity index is 1.74. The Morgan fingerprint density at radius 2 is 2.05 bits per heavy atom. The smallest absolute Gasteiger partial charge is 0.110 e. The number of rotatable bonds is 5. The normalized spacial score (nSPS) is 27.5. The van der Waals surface area contributed by atoms with Crippen LogP contribution in [0.1, 0.15) is 74.0 Å². The first kappa shape index (κ1) is 14.5. The molecule has 0 aliphatic heterocycles. The molecule has 3 rings (SSSR count). The van der Waals surface area contributed by atoms with E-state index in [1.165, 1.54) is 62.1 Å². The Kier molecular flexibility index (Phi) is 4.77. The lowest BCUT2D eigenvalue weighted by Crippen LogP contribution is -2.31. The summed E-state index contributed by atoms with van der Waals surface area (Å²) in [6.45, 7) is 5.79. The van der Waals surface area contributed by atoms with Gasteiger partial charge in [-0.25, -0.2) is 4.98 Å². The van der Waals surface area contributed by atoms with E-state index in [9.17, 15) is 0 Å². The summed E-state index contributed by atoms with van der Waals surface area (Å²) in [6, 6.07) is 0.526. The van der Waals surface area contributed by atoms with Crippen molar-refractivity contribution in [3.8, 4) is 0 Å². The minimum absolute atomic E-state index is 0.526. The quantitative estimate of drug-likeness (QED) is 0.864. The fourth-order valence-electron chi connectivity index (χ4n) is 3.72. The van der Waals surface area contributed by atoms with Gasteiger partial charge in [0.2, 0.25) is 0 Å². The van der Waals surface area contributed by atoms with Crippen molar-refractivity contribution in [3.63, 3.8) is 0 Å². The van der Waals surface area contributed by atoms with Crippen LogP contribution in [0.4, 0.5) is 0 Å². The summed E-state index contributed by atoms with van der Waals surface area (Å²) in [6.07, 6.45) is 10.6. The van der Waals surface area contributed by atoms with Crippen LogP contribution in [0, 0.1) is 11.8 Å². The maximum Gasteiger partial charge on any atom is 0.110 e. The fourth-order valence-corrected chi connectivity index (χ4v) is 5.04. The molecule has 2 aliphatic rings. The average Bonchev–Trinajstić information content (AvgIpc) is 3.02. The maximum atomic E-state index is 4.99. The van der Waals surface area contributed by atoms with Gasteiger partial charge in [0.15, 0.2) is 0 Å². The van der Waals surface area contributed by atoms with Gasteiger partial charge < -0.3 is 5.32 Å². The lowest BCUT2D eigenvalue weighted by Gasteiger charge is -2.32. The second-order valence-electron chi connectivity index (χ2n) is 6.73. The molecule has 1 unspecified atom stereocenters. The Labute approximate surface area is 127 Å². The number of thiazole rings is 1. The first-order chi connectivity index (χ1) is 9.78. The van der Waals surface area contributed by atoms with Gasteiger partial charge in [0.25, 0.3) is 0 Å². The molecule has 1 aromatic heterocycles. The van der Waals surface area contributed by atoms with Gasteiger partial charge in [0, 0.05) is 4.88 Å². The van der Waals surface area contributed by atoms with E-state index in [4.69, 9.17) is 4.98 Å². The highest BCUT2D eigenvalue weighted by atomic mass is 32.1. The highest BCUT2D eigenvalue weighted by Gasteiger charge is 2.30. The summed E-state index contributed by atoms with van der Waals surface area (Å²) >= 11 is 2.00. The van der Waals surface area contributed by atoms with E-state index >= 15 is 0 Å². The third-order valence-corrected chi connectivity index (χ3v) is 6.26. The largest absolute Gasteiger partial charge is 0.308 e. The highest BCUT2D eigenvalue weighted by Crippen LogP contribution is 2.39. The molecular formula is C17H28N2S. The summed E-state index contributed by atoms with van der Waals surface area (Å²) in [5, 5.41) is 5.20. The summed E-state index contributed by atoms with van der Waals surface area (Å²) in [5.74, 6) is 1.74. The fraction of sp³-hybridized carbons (Fsp3) is 0.824. The van der Waals surface area contributed by atoms with E-state index in [0.717, 1.165) is 18.4 Å². The van der Waals surface area contributed by atoms with Crippen molar-refractivity contribution in [2.45, 2.75) is 71.3 Å². The van der Waals surface area contributed by atoms with Crippen LogP contribution in [0.25, 0.3) is 0 Å². The molecule has 112 valence electrons. The molecule has 0 amide bonds. The van der Waals surface area contributed by atoms with Crippen molar-refractivity contribution in [1.82, 2.24) is 10.3 Å². The number of fused-ring (bicyclic) bond motifs is 1. The number of hydrogen-bond acceptors (Lipinski definition) is 3. The van der Waals surface area contributed by atoms with Crippen LogP contribution in [0.5, 0.6) is 0 Å². The van der Waals surface area contributed by atoms with Crippen LogP contribution in [0.3, 0.4) is 0 Å². The Morgan fingerprint density at radius 1 is 1.25 bits per heavy atom. The zero-order valence-electron chi connectivity index (χ0n) is 13.0. The third-order valence-electron chi connectivity index (χ3n) is 5.02. The number of nitrogens with one attached hydrogen (secondary N) is 1. The van der Waals surface area contributed by atoms with Crippen molar-refractivity contribution in [2.24, 2.45) is 11.8 Å². The number of aromatic nitrogens is 1. The van der Waals surface area contributed by atoms with Crippen molar-refractivity contribution >= 4 is 11.3 Å². The van der Waals surface area contributed by atoms with Crippen LogP contribution in [-0.2, 0) is 12.8 Å². The van der Waals surface area contributed by atoms with Crippen molar-refractivity contribution in [3.05, 3.63) is 15.6 Å². The van der Waals surface area contributed by atoms with Gasteiger partial charge in [-0.1, -0.05) is 26.7 Å². The molecule has 0 spiro atoms. The first-order valence-electron chi connectivity index (χ1n) is 8.49. The summed E-state index contributed by atoms with van der Waals surface area (Å²) in [5.41, 5.74) is 1.41. The SMILES string of the molecule is CCCNC(c1nc2c(s1)CCC2)C1CCC(C)CC1. The highest BCUT2D eigenvalue weighted by molar-refractivity contribution is 7.11. The van der Waals surface area contributed by atoms with E-state index in [0.29, 0.717) is 6.04 Å². The van der Waals surface area contributed by atoms with E-state index in [-0.39, 0.29) is 0 Å². The average molecular weight is 292 g/mol. The zero-order valence-corrected chi connectivity index (χ0v) is 13.8. The Hall–Kier alpha value is -0.410. The van der Waals surface area contributed by atoms with Gasteiger partial charge in [-0.3, -0.25) is 0 Å². The van der Waals surface area contributed by atoms with Gasteiger partial charge in [0.05, 0.1) is 11.7 Å². The lowest BCUT2D eigenvalue weighted by molar-refractivity contribution is 0.231. The predicted molar refractivity (Wildman–Crippen MR) is 86.3 cm³/mol. The van der Waals surface area contributed by atoms with Crippen LogP contribution in [0.2, 0.25) is 0 Å². The molecule has 0 radical (unpaired) electrons. The van der Waals surface area contributed by atoms with Gasteiger partial charge in [-0.15, -0.1) is 11.3 Å². The molecular weight excluding hydrogens is 264 g/mol. The van der Waals surface area contributed by atoms with Crippen LogP contribution in [-0.4, -0.2) is 11.5 Å². The van der Waals surface area contributed by atoms with Gasteiger partial charge in [-0.2, -0.15) is 0 Å². The molecule has 3 heteroatoms. The Bertz CT molecular complexity index is 411. The van der Waals surface area contributed by atoms with E-state index in [2.05, 4.69) is 19.2 Å². The maximum absolute atomic E-state index is 4.99. The van der Waals surface area contributed by atoms with Crippen molar-refractivity contribution in [2.75, 3.05) is 6.54 Å². The van der Waals surface area contributed by atoms with Crippen molar-refractivity contribution in [1.29, 1.82) is 0 Å². The molecule has 2 nitrogen and oxygen atoms in total. The van der Waals surface area contributed by atoms with Crippen molar-refractivity contribution < 1.29 is 0 Å². The van der Waals surface area contributed by atoms with E-state index < -0.39 is 0 Å². The van der Waals surface area contributed by atoms with E-state index in [1.807, 2.05) is 11.3 Å². The molecule has 1 N–H and O–H groups in total. The van der Waals surface area contributed by atoms with Gasteiger partial charge in [-0.05, 0) is 56.9 Å². The summed E-state index contributed by atoms with van der Waals surface area (Å²) in [4.78, 5) is 6.57. The molecule has 2 aliphatic carbocycles. The molecule has 0 saturated heterocycles. The van der Waals surface area contributed by atoms with Gasteiger partial charge in [0.1, 0.15) is 5.01 Å². The number of hydrogen-bond donors (Lipinski definition) is 1. The minimum atomic E-state index is 0.526. The topological polar surface area (TPSA) is 24.9 Å². The zero-order chi connectivity index (χ0) is 13.9. The lowest BCUT2D eigenvalue weighted by atomic mass is 9.79. The summed E-state index contributed by atoms with van der Waals surface area (Å²) in [7, 11) is 0. The predicted octanol–water partition coefficient (Wildman–Crippen LogP) is 4.50. The number of aryl methyl sites for hydroxylation is 2. The Morgan fingerprint density at radius 3 is 2.75 bits per heavy atom. The molecule has 0 aromatic carbocycles. The molecule has 1 saturated carbocycles. The molecule has 20 heavy (non-hydrogen) atoms. The molecule has 1 atom stereocenters. The first-order valence-corrected chi connectivity index (χ1v) is 9.31. The third kappa shape index (κ3) is 3.09. The van der Waals surface area contributed by atoms with Crippen LogP contribution >= 0.6 is 11.3 Å². The monoisotopic (exact) mass is 292 g/mol.